The van der Waals surface area contributed by atoms with Crippen molar-refractivity contribution in [1.82, 2.24) is 10.3 Å². The average Bonchev–Trinajstić information content (AvgIpc) is 2.69. The quantitative estimate of drug-likeness (QED) is 0.688. The van der Waals surface area contributed by atoms with Crippen molar-refractivity contribution >= 4 is 5.91 Å². The van der Waals surface area contributed by atoms with Gasteiger partial charge >= 0.3 is 0 Å². The summed E-state index contributed by atoms with van der Waals surface area (Å²) in [6, 6.07) is 6.93. The van der Waals surface area contributed by atoms with Crippen LogP contribution < -0.4 is 24.3 Å². The molecule has 0 bridgehead atoms. The predicted octanol–water partition coefficient (Wildman–Crippen LogP) is 3.22. The number of nitrogens with one attached hydrogen (secondary N) is 1. The highest BCUT2D eigenvalue weighted by molar-refractivity contribution is 5.95. The van der Waals surface area contributed by atoms with E-state index in [9.17, 15) is 4.79 Å². The van der Waals surface area contributed by atoms with Gasteiger partial charge in [-0.2, -0.15) is 0 Å². The largest absolute Gasteiger partial charge is 0.490 e. The van der Waals surface area contributed by atoms with E-state index in [2.05, 4.69) is 10.3 Å². The molecule has 146 valence electrons. The number of amides is 1. The van der Waals surface area contributed by atoms with E-state index < -0.39 is 0 Å². The lowest BCUT2D eigenvalue weighted by atomic mass is 10.1. The summed E-state index contributed by atoms with van der Waals surface area (Å²) in [5.41, 5.74) is 1.30. The highest BCUT2D eigenvalue weighted by atomic mass is 16.5. The van der Waals surface area contributed by atoms with Gasteiger partial charge < -0.3 is 24.3 Å². The number of hydrogen-bond donors (Lipinski definition) is 1. The molecule has 0 aliphatic rings. The summed E-state index contributed by atoms with van der Waals surface area (Å²) < 4.78 is 22.0. The minimum Gasteiger partial charge on any atom is -0.490 e. The number of ether oxygens (including phenoxy) is 4. The third-order valence-corrected chi connectivity index (χ3v) is 3.63. The molecule has 1 aromatic heterocycles. The second-order valence-electron chi connectivity index (χ2n) is 5.49. The van der Waals surface area contributed by atoms with Crippen molar-refractivity contribution < 1.29 is 23.7 Å². The summed E-state index contributed by atoms with van der Waals surface area (Å²) in [5, 5.41) is 2.87. The topological polar surface area (TPSA) is 78.9 Å². The number of nitrogens with zero attached hydrogens (tertiary/aromatic N) is 1. The molecule has 1 aromatic carbocycles. The van der Waals surface area contributed by atoms with Crippen LogP contribution >= 0.6 is 0 Å². The Hall–Kier alpha value is -2.96. The fourth-order valence-corrected chi connectivity index (χ4v) is 2.44. The molecule has 1 heterocycles. The predicted molar refractivity (Wildman–Crippen MR) is 102 cm³/mol. The molecule has 2 rings (SSSR count). The van der Waals surface area contributed by atoms with Crippen molar-refractivity contribution in [1.29, 1.82) is 0 Å². The normalized spacial score (nSPS) is 10.2. The van der Waals surface area contributed by atoms with Gasteiger partial charge in [0.05, 0.1) is 26.9 Å². The molecule has 0 atom stereocenters. The highest BCUT2D eigenvalue weighted by Crippen LogP contribution is 2.39. The Labute approximate surface area is 159 Å². The van der Waals surface area contributed by atoms with Crippen LogP contribution in [-0.4, -0.2) is 37.8 Å². The molecule has 0 radical (unpaired) electrons. The van der Waals surface area contributed by atoms with E-state index in [-0.39, 0.29) is 5.91 Å². The first kappa shape index (κ1) is 20.4. The Morgan fingerprint density at radius 1 is 1.00 bits per heavy atom. The van der Waals surface area contributed by atoms with Gasteiger partial charge in [0.1, 0.15) is 0 Å². The Morgan fingerprint density at radius 3 is 2.11 bits per heavy atom. The zero-order valence-corrected chi connectivity index (χ0v) is 16.2. The monoisotopic (exact) mass is 374 g/mol. The molecular formula is C20H26N2O5. The van der Waals surface area contributed by atoms with Crippen LogP contribution in [0.4, 0.5) is 0 Å². The molecule has 1 amide bonds. The Balaban J connectivity index is 2.20. The van der Waals surface area contributed by atoms with Gasteiger partial charge in [-0.15, -0.1) is 0 Å². The van der Waals surface area contributed by atoms with E-state index in [1.807, 2.05) is 26.8 Å². The van der Waals surface area contributed by atoms with E-state index >= 15 is 0 Å². The fourth-order valence-electron chi connectivity index (χ4n) is 2.44. The highest BCUT2D eigenvalue weighted by Gasteiger charge is 2.18. The fraction of sp³-hybridized carbons (Fsp3) is 0.400. The zero-order chi connectivity index (χ0) is 19.6. The minimum atomic E-state index is -0.240. The van der Waals surface area contributed by atoms with E-state index in [1.165, 1.54) is 0 Å². The molecule has 1 N–H and O–H groups in total. The molecule has 27 heavy (non-hydrogen) atoms. The van der Waals surface area contributed by atoms with Crippen LogP contribution in [0.25, 0.3) is 0 Å². The number of methoxy groups -OCH3 is 1. The lowest BCUT2D eigenvalue weighted by molar-refractivity contribution is 0.0949. The van der Waals surface area contributed by atoms with E-state index in [1.54, 1.807) is 31.5 Å². The van der Waals surface area contributed by atoms with Gasteiger partial charge in [-0.3, -0.25) is 4.79 Å². The van der Waals surface area contributed by atoms with E-state index in [0.29, 0.717) is 55.1 Å². The van der Waals surface area contributed by atoms with Gasteiger partial charge in [0, 0.05) is 24.4 Å². The third kappa shape index (κ3) is 5.51. The molecule has 2 aromatic rings. The summed E-state index contributed by atoms with van der Waals surface area (Å²) >= 11 is 0. The molecule has 0 unspecified atom stereocenters. The van der Waals surface area contributed by atoms with Crippen LogP contribution in [0.5, 0.6) is 23.1 Å². The van der Waals surface area contributed by atoms with Crippen LogP contribution in [0, 0.1) is 0 Å². The summed E-state index contributed by atoms with van der Waals surface area (Å²) in [6.45, 7) is 7.35. The number of pyridine rings is 1. The van der Waals surface area contributed by atoms with Crippen molar-refractivity contribution in [2.45, 2.75) is 27.3 Å². The third-order valence-electron chi connectivity index (χ3n) is 3.63. The molecular weight excluding hydrogens is 348 g/mol. The molecule has 0 aliphatic heterocycles. The van der Waals surface area contributed by atoms with Gasteiger partial charge in [-0.1, -0.05) is 6.07 Å². The number of aromatic nitrogens is 1. The molecule has 7 heteroatoms. The molecule has 0 saturated heterocycles. The smallest absolute Gasteiger partial charge is 0.251 e. The lowest BCUT2D eigenvalue weighted by Gasteiger charge is -2.17. The van der Waals surface area contributed by atoms with E-state index in [4.69, 9.17) is 18.9 Å². The maximum atomic E-state index is 12.6. The molecule has 0 fully saturated rings. The number of carbonyl (C=O) groups is 1. The van der Waals surface area contributed by atoms with Crippen molar-refractivity contribution in [2.24, 2.45) is 0 Å². The number of benzene rings is 1. The van der Waals surface area contributed by atoms with Crippen LogP contribution in [-0.2, 0) is 6.54 Å². The van der Waals surface area contributed by atoms with Crippen LogP contribution in [0.3, 0.4) is 0 Å². The van der Waals surface area contributed by atoms with Crippen LogP contribution in [0.15, 0.2) is 30.5 Å². The summed E-state index contributed by atoms with van der Waals surface area (Å²) in [6.07, 6.45) is 1.66. The molecule has 0 spiro atoms. The Kier molecular flexibility index (Phi) is 7.73. The van der Waals surface area contributed by atoms with Gasteiger partial charge in [-0.05, 0) is 38.5 Å². The molecule has 0 saturated carbocycles. The number of hydrogen-bond acceptors (Lipinski definition) is 6. The summed E-state index contributed by atoms with van der Waals surface area (Å²) in [4.78, 5) is 16.7. The molecule has 7 nitrogen and oxygen atoms in total. The Bertz CT molecular complexity index is 720. The average molecular weight is 374 g/mol. The van der Waals surface area contributed by atoms with E-state index in [0.717, 1.165) is 5.56 Å². The first-order valence-electron chi connectivity index (χ1n) is 8.96. The number of carbonyl (C=O) groups excluding carboxylic acids is 1. The SMILES string of the molecule is CCOc1cc(C(=O)NCc2ccc(OC)nc2)cc(OCC)c1OCC. The van der Waals surface area contributed by atoms with Gasteiger partial charge in [-0.25, -0.2) is 4.98 Å². The Morgan fingerprint density at radius 2 is 1.63 bits per heavy atom. The maximum Gasteiger partial charge on any atom is 0.251 e. The van der Waals surface area contributed by atoms with Gasteiger partial charge in [0.25, 0.3) is 5.91 Å². The number of rotatable bonds is 10. The van der Waals surface area contributed by atoms with Crippen molar-refractivity contribution in [2.75, 3.05) is 26.9 Å². The van der Waals surface area contributed by atoms with Crippen molar-refractivity contribution in [3.63, 3.8) is 0 Å². The van der Waals surface area contributed by atoms with Crippen molar-refractivity contribution in [3.05, 3.63) is 41.6 Å². The van der Waals surface area contributed by atoms with Crippen LogP contribution in [0.1, 0.15) is 36.7 Å². The van der Waals surface area contributed by atoms with Gasteiger partial charge in [0.2, 0.25) is 11.6 Å². The molecule has 0 aliphatic carbocycles. The first-order valence-corrected chi connectivity index (χ1v) is 8.96. The summed E-state index contributed by atoms with van der Waals surface area (Å²) in [5.74, 6) is 1.77. The second-order valence-corrected chi connectivity index (χ2v) is 5.49. The summed E-state index contributed by atoms with van der Waals surface area (Å²) in [7, 11) is 1.56. The van der Waals surface area contributed by atoms with Crippen LogP contribution in [0.2, 0.25) is 0 Å². The lowest BCUT2D eigenvalue weighted by Crippen LogP contribution is -2.23. The second kappa shape index (κ2) is 10.3. The van der Waals surface area contributed by atoms with Crippen molar-refractivity contribution in [3.8, 4) is 23.1 Å². The minimum absolute atomic E-state index is 0.240. The van der Waals surface area contributed by atoms with Gasteiger partial charge in [0.15, 0.2) is 11.5 Å². The standard InChI is InChI=1S/C20H26N2O5/c1-5-25-16-10-15(11-17(26-6-2)19(16)27-7-3)20(23)22-13-14-8-9-18(24-4)21-12-14/h8-12H,5-7,13H2,1-4H3,(H,22,23). The maximum absolute atomic E-state index is 12.6. The first-order chi connectivity index (χ1) is 13.1. The zero-order valence-electron chi connectivity index (χ0n) is 16.2.